The molecule has 0 radical (unpaired) electrons. The van der Waals surface area contributed by atoms with E-state index >= 15 is 0 Å². The van der Waals surface area contributed by atoms with Crippen LogP contribution < -0.4 is 0 Å². The zero-order chi connectivity index (χ0) is 13.3. The van der Waals surface area contributed by atoms with Gasteiger partial charge in [0.05, 0.1) is 18.5 Å². The van der Waals surface area contributed by atoms with Gasteiger partial charge in [-0.15, -0.1) is 0 Å². The van der Waals surface area contributed by atoms with Crippen molar-refractivity contribution in [2.45, 2.75) is 24.3 Å². The maximum absolute atomic E-state index is 12.2. The fourth-order valence-electron chi connectivity index (χ4n) is 1.95. The molecule has 2 unspecified atom stereocenters. The summed E-state index contributed by atoms with van der Waals surface area (Å²) < 4.78 is 25.8. The molecule has 2 atom stereocenters. The molecule has 0 bridgehead atoms. The Labute approximate surface area is 111 Å². The highest BCUT2D eigenvalue weighted by molar-refractivity contribution is 7.89. The summed E-state index contributed by atoms with van der Waals surface area (Å²) in [6.45, 7) is 2.40. The van der Waals surface area contributed by atoms with Gasteiger partial charge in [-0.1, -0.05) is 0 Å². The monoisotopic (exact) mass is 291 g/mol. The van der Waals surface area contributed by atoms with Crippen molar-refractivity contribution < 1.29 is 13.5 Å². The van der Waals surface area contributed by atoms with Gasteiger partial charge in [0.1, 0.15) is 4.90 Å². The van der Waals surface area contributed by atoms with Gasteiger partial charge in [-0.25, -0.2) is 18.4 Å². The lowest BCUT2D eigenvalue weighted by Gasteiger charge is -2.17. The lowest BCUT2D eigenvalue weighted by Crippen LogP contribution is -2.30. The molecule has 0 aromatic carbocycles. The van der Waals surface area contributed by atoms with Crippen LogP contribution in [-0.2, 0) is 10.0 Å². The minimum Gasteiger partial charge on any atom is -0.393 e. The fraction of sp³-hybridized carbons (Fsp3) is 0.600. The molecule has 1 aromatic heterocycles. The Bertz CT molecular complexity index is 518. The van der Waals surface area contributed by atoms with E-state index in [0.29, 0.717) is 19.5 Å². The van der Waals surface area contributed by atoms with Gasteiger partial charge in [-0.2, -0.15) is 4.31 Å². The van der Waals surface area contributed by atoms with Gasteiger partial charge in [-0.3, -0.25) is 0 Å². The first-order chi connectivity index (χ1) is 8.41. The Balaban J connectivity index is 2.20. The van der Waals surface area contributed by atoms with Crippen LogP contribution in [0, 0.1) is 5.92 Å². The second kappa shape index (κ2) is 5.08. The van der Waals surface area contributed by atoms with Crippen molar-refractivity contribution in [1.82, 2.24) is 14.3 Å². The molecule has 2 heterocycles. The Morgan fingerprint density at radius 3 is 2.61 bits per heavy atom. The minimum atomic E-state index is -3.58. The maximum Gasteiger partial charge on any atom is 0.246 e. The van der Waals surface area contributed by atoms with E-state index in [4.69, 9.17) is 11.6 Å². The molecule has 2 rings (SSSR count). The first kappa shape index (κ1) is 13.7. The van der Waals surface area contributed by atoms with Crippen LogP contribution in [0.15, 0.2) is 17.3 Å². The van der Waals surface area contributed by atoms with Crippen molar-refractivity contribution in [3.8, 4) is 0 Å². The standard InChI is InChI=1S/C10H14ClN3O3S/c1-7(15)8-2-3-14(6-8)18(16,17)9-4-12-10(11)13-5-9/h4-5,7-8,15H,2-3,6H2,1H3. The van der Waals surface area contributed by atoms with E-state index in [1.165, 1.54) is 16.7 Å². The molecule has 1 N–H and O–H groups in total. The summed E-state index contributed by atoms with van der Waals surface area (Å²) in [6, 6.07) is 0. The van der Waals surface area contributed by atoms with Crippen LogP contribution in [0.1, 0.15) is 13.3 Å². The second-order valence-electron chi connectivity index (χ2n) is 4.34. The van der Waals surface area contributed by atoms with Gasteiger partial charge in [0.25, 0.3) is 0 Å². The Hall–Kier alpha value is -0.760. The van der Waals surface area contributed by atoms with Gasteiger partial charge < -0.3 is 5.11 Å². The van der Waals surface area contributed by atoms with Gasteiger partial charge in [0.2, 0.25) is 15.3 Å². The van der Waals surface area contributed by atoms with Crippen LogP contribution in [0.25, 0.3) is 0 Å². The molecule has 8 heteroatoms. The van der Waals surface area contributed by atoms with Crippen molar-refractivity contribution in [2.75, 3.05) is 13.1 Å². The first-order valence-corrected chi connectivity index (χ1v) is 7.39. The summed E-state index contributed by atoms with van der Waals surface area (Å²) in [5.74, 6) is -0.0204. The van der Waals surface area contributed by atoms with E-state index in [2.05, 4.69) is 9.97 Å². The third-order valence-corrected chi connectivity index (χ3v) is 5.12. The van der Waals surface area contributed by atoms with E-state index in [1.807, 2.05) is 0 Å². The Morgan fingerprint density at radius 1 is 1.50 bits per heavy atom. The maximum atomic E-state index is 12.2. The van der Waals surface area contributed by atoms with Crippen LogP contribution in [0.4, 0.5) is 0 Å². The van der Waals surface area contributed by atoms with Crippen LogP contribution >= 0.6 is 11.6 Å². The number of aromatic nitrogens is 2. The van der Waals surface area contributed by atoms with Crippen molar-refractivity contribution >= 4 is 21.6 Å². The van der Waals surface area contributed by atoms with E-state index < -0.39 is 16.1 Å². The zero-order valence-corrected chi connectivity index (χ0v) is 11.4. The molecule has 100 valence electrons. The first-order valence-electron chi connectivity index (χ1n) is 5.57. The topological polar surface area (TPSA) is 83.4 Å². The van der Waals surface area contributed by atoms with Gasteiger partial charge in [-0.05, 0) is 30.9 Å². The quantitative estimate of drug-likeness (QED) is 0.821. The third kappa shape index (κ3) is 2.64. The van der Waals surface area contributed by atoms with E-state index in [9.17, 15) is 13.5 Å². The van der Waals surface area contributed by atoms with Crippen LogP contribution in [0.3, 0.4) is 0 Å². The normalized spacial score (nSPS) is 23.2. The fourth-order valence-corrected chi connectivity index (χ4v) is 3.45. The molecular weight excluding hydrogens is 278 g/mol. The van der Waals surface area contributed by atoms with Gasteiger partial charge in [0.15, 0.2) is 0 Å². The number of hydrogen-bond donors (Lipinski definition) is 1. The number of hydrogen-bond acceptors (Lipinski definition) is 5. The highest BCUT2D eigenvalue weighted by atomic mass is 35.5. The van der Waals surface area contributed by atoms with E-state index in [1.54, 1.807) is 6.92 Å². The van der Waals surface area contributed by atoms with Crippen LogP contribution in [-0.4, -0.2) is 47.0 Å². The van der Waals surface area contributed by atoms with Crippen molar-refractivity contribution in [2.24, 2.45) is 5.92 Å². The highest BCUT2D eigenvalue weighted by Gasteiger charge is 2.34. The van der Waals surface area contributed by atoms with E-state index in [-0.39, 0.29) is 16.1 Å². The third-order valence-electron chi connectivity index (χ3n) is 3.10. The molecular formula is C10H14ClN3O3S. The largest absolute Gasteiger partial charge is 0.393 e. The minimum absolute atomic E-state index is 0.0113. The number of sulfonamides is 1. The van der Waals surface area contributed by atoms with Crippen LogP contribution in [0.2, 0.25) is 5.28 Å². The SMILES string of the molecule is CC(O)C1CCN(S(=O)(=O)c2cnc(Cl)nc2)C1. The summed E-state index contributed by atoms with van der Waals surface area (Å²) in [5.41, 5.74) is 0. The van der Waals surface area contributed by atoms with Crippen molar-refractivity contribution in [1.29, 1.82) is 0 Å². The molecule has 1 aliphatic heterocycles. The summed E-state index contributed by atoms with van der Waals surface area (Å²) >= 11 is 5.52. The summed E-state index contributed by atoms with van der Waals surface area (Å²) in [6.07, 6.45) is 2.54. The van der Waals surface area contributed by atoms with Gasteiger partial charge >= 0.3 is 0 Å². The molecule has 1 aliphatic rings. The molecule has 18 heavy (non-hydrogen) atoms. The molecule has 0 amide bonds. The average Bonchev–Trinajstić information content (AvgIpc) is 2.79. The molecule has 0 saturated carbocycles. The van der Waals surface area contributed by atoms with Crippen molar-refractivity contribution in [3.05, 3.63) is 17.7 Å². The summed E-state index contributed by atoms with van der Waals surface area (Å²) in [7, 11) is -3.58. The number of halogens is 1. The molecule has 6 nitrogen and oxygen atoms in total. The summed E-state index contributed by atoms with van der Waals surface area (Å²) in [5, 5.41) is 9.49. The Morgan fingerprint density at radius 2 is 2.11 bits per heavy atom. The summed E-state index contributed by atoms with van der Waals surface area (Å²) in [4.78, 5) is 7.37. The number of aliphatic hydroxyl groups is 1. The lowest BCUT2D eigenvalue weighted by molar-refractivity contribution is 0.133. The molecule has 0 spiro atoms. The lowest BCUT2D eigenvalue weighted by atomic mass is 10.0. The predicted octanol–water partition coefficient (Wildman–Crippen LogP) is 0.521. The number of aliphatic hydroxyl groups excluding tert-OH is 1. The van der Waals surface area contributed by atoms with E-state index in [0.717, 1.165) is 0 Å². The predicted molar refractivity (Wildman–Crippen MR) is 65.6 cm³/mol. The molecule has 1 aromatic rings. The van der Waals surface area contributed by atoms with Gasteiger partial charge in [0, 0.05) is 13.1 Å². The molecule has 0 aliphatic carbocycles. The second-order valence-corrected chi connectivity index (χ2v) is 6.62. The highest BCUT2D eigenvalue weighted by Crippen LogP contribution is 2.25. The van der Waals surface area contributed by atoms with Crippen LogP contribution in [0.5, 0.6) is 0 Å². The number of nitrogens with zero attached hydrogens (tertiary/aromatic N) is 3. The smallest absolute Gasteiger partial charge is 0.246 e. The molecule has 1 saturated heterocycles. The number of rotatable bonds is 3. The Kier molecular flexibility index (Phi) is 3.86. The average molecular weight is 292 g/mol. The van der Waals surface area contributed by atoms with Crippen molar-refractivity contribution in [3.63, 3.8) is 0 Å². The molecule has 1 fully saturated rings. The zero-order valence-electron chi connectivity index (χ0n) is 9.82.